The van der Waals surface area contributed by atoms with Crippen molar-refractivity contribution in [1.82, 2.24) is 0 Å². The predicted octanol–water partition coefficient (Wildman–Crippen LogP) is 4.13. The Morgan fingerprint density at radius 2 is 1.32 bits per heavy atom. The summed E-state index contributed by atoms with van der Waals surface area (Å²) in [4.78, 5) is 35.0. The average molecular weight is 439 g/mol. The van der Waals surface area contributed by atoms with Gasteiger partial charge in [0.1, 0.15) is 6.10 Å². The van der Waals surface area contributed by atoms with E-state index >= 15 is 0 Å². The van der Waals surface area contributed by atoms with Gasteiger partial charge in [-0.05, 0) is 70.6 Å². The lowest BCUT2D eigenvalue weighted by molar-refractivity contribution is -0.159. The third-order valence-electron chi connectivity index (χ3n) is 6.30. The number of hydrogen-bond donors (Lipinski definition) is 0. The Balaban J connectivity index is 1.49. The summed E-state index contributed by atoms with van der Waals surface area (Å²) >= 11 is 0. The molecular weight excluding hydrogens is 400 g/mol. The Morgan fingerprint density at radius 1 is 0.774 bits per heavy atom. The SMILES string of the molecule is C=CC(=O)OCCCCCCOC1CCC(C(=O)OC2CCC(C(=O)OC)CC2)CC1. The fraction of sp³-hybridized carbons (Fsp3) is 0.792. The quantitative estimate of drug-likeness (QED) is 0.196. The molecule has 0 unspecified atom stereocenters. The lowest BCUT2D eigenvalue weighted by Gasteiger charge is -2.31. The van der Waals surface area contributed by atoms with Crippen LogP contribution in [0.5, 0.6) is 0 Å². The van der Waals surface area contributed by atoms with Gasteiger partial charge in [0.25, 0.3) is 0 Å². The van der Waals surface area contributed by atoms with Crippen molar-refractivity contribution >= 4 is 17.9 Å². The smallest absolute Gasteiger partial charge is 0.330 e. The first-order chi connectivity index (χ1) is 15.0. The molecule has 0 aliphatic heterocycles. The van der Waals surface area contributed by atoms with Gasteiger partial charge in [-0.25, -0.2) is 4.79 Å². The summed E-state index contributed by atoms with van der Waals surface area (Å²) in [6, 6.07) is 0. The summed E-state index contributed by atoms with van der Waals surface area (Å²) in [6.07, 6.45) is 11.6. The third kappa shape index (κ3) is 9.42. The molecule has 2 rings (SSSR count). The Labute approximate surface area is 185 Å². The Kier molecular flexibility index (Phi) is 11.6. The molecule has 2 aliphatic rings. The minimum Gasteiger partial charge on any atom is -0.469 e. The van der Waals surface area contributed by atoms with Gasteiger partial charge >= 0.3 is 17.9 Å². The van der Waals surface area contributed by atoms with E-state index in [0.29, 0.717) is 6.61 Å². The van der Waals surface area contributed by atoms with Crippen LogP contribution < -0.4 is 0 Å². The molecule has 0 aromatic carbocycles. The van der Waals surface area contributed by atoms with Crippen LogP contribution in [0.3, 0.4) is 0 Å². The first-order valence-electron chi connectivity index (χ1n) is 11.7. The summed E-state index contributed by atoms with van der Waals surface area (Å²) in [5, 5.41) is 0. The van der Waals surface area contributed by atoms with Crippen LogP contribution in [-0.2, 0) is 33.3 Å². The molecule has 2 fully saturated rings. The molecule has 2 saturated carbocycles. The normalized spacial score (nSPS) is 26.0. The molecule has 0 heterocycles. The van der Waals surface area contributed by atoms with E-state index in [0.717, 1.165) is 83.7 Å². The molecule has 0 aromatic heterocycles. The molecule has 176 valence electrons. The van der Waals surface area contributed by atoms with Gasteiger partial charge in [-0.2, -0.15) is 0 Å². The summed E-state index contributed by atoms with van der Waals surface area (Å²) < 4.78 is 21.4. The van der Waals surface area contributed by atoms with E-state index in [4.69, 9.17) is 18.9 Å². The molecule has 0 radical (unpaired) electrons. The number of carbonyl (C=O) groups is 3. The average Bonchev–Trinajstić information content (AvgIpc) is 2.80. The number of ether oxygens (including phenoxy) is 4. The monoisotopic (exact) mass is 438 g/mol. The Morgan fingerprint density at radius 3 is 1.90 bits per heavy atom. The fourth-order valence-corrected chi connectivity index (χ4v) is 4.35. The second kappa shape index (κ2) is 14.2. The summed E-state index contributed by atoms with van der Waals surface area (Å²) in [5.41, 5.74) is 0. The van der Waals surface area contributed by atoms with Crippen molar-refractivity contribution in [2.75, 3.05) is 20.3 Å². The zero-order valence-corrected chi connectivity index (χ0v) is 18.9. The van der Waals surface area contributed by atoms with Gasteiger partial charge in [-0.3, -0.25) is 9.59 Å². The molecule has 2 aliphatic carbocycles. The minimum atomic E-state index is -0.367. The van der Waals surface area contributed by atoms with Crippen molar-refractivity contribution in [2.45, 2.75) is 89.3 Å². The molecule has 0 spiro atoms. The van der Waals surface area contributed by atoms with Crippen LogP contribution in [0.25, 0.3) is 0 Å². The van der Waals surface area contributed by atoms with Crippen molar-refractivity contribution < 1.29 is 33.3 Å². The largest absolute Gasteiger partial charge is 0.469 e. The first kappa shape index (κ1) is 25.4. The number of carbonyl (C=O) groups excluding carboxylic acids is 3. The van der Waals surface area contributed by atoms with Crippen LogP contribution in [0, 0.1) is 11.8 Å². The second-order valence-corrected chi connectivity index (χ2v) is 8.56. The highest BCUT2D eigenvalue weighted by Crippen LogP contribution is 2.31. The molecule has 0 saturated heterocycles. The van der Waals surface area contributed by atoms with Gasteiger partial charge in [0, 0.05) is 12.7 Å². The van der Waals surface area contributed by atoms with E-state index in [9.17, 15) is 14.4 Å². The molecule has 0 amide bonds. The molecule has 0 N–H and O–H groups in total. The molecule has 7 nitrogen and oxygen atoms in total. The van der Waals surface area contributed by atoms with Gasteiger partial charge in [0.2, 0.25) is 0 Å². The van der Waals surface area contributed by atoms with Gasteiger partial charge in [-0.1, -0.05) is 13.0 Å². The van der Waals surface area contributed by atoms with Crippen molar-refractivity contribution in [3.05, 3.63) is 12.7 Å². The van der Waals surface area contributed by atoms with E-state index in [1.165, 1.54) is 13.2 Å². The standard InChI is InChI=1S/C24H38O7/c1-3-22(25)30-17-7-5-4-6-16-29-20-12-8-19(9-13-20)24(27)31-21-14-10-18(11-15-21)23(26)28-2/h3,18-21H,1,4-17H2,2H3. The van der Waals surface area contributed by atoms with Gasteiger partial charge in [0.05, 0.1) is 31.7 Å². The maximum absolute atomic E-state index is 12.5. The van der Waals surface area contributed by atoms with Gasteiger partial charge in [0.15, 0.2) is 0 Å². The summed E-state index contributed by atoms with van der Waals surface area (Å²) in [5.74, 6) is -0.693. The zero-order valence-electron chi connectivity index (χ0n) is 18.9. The minimum absolute atomic E-state index is 0.0311. The highest BCUT2D eigenvalue weighted by Gasteiger charge is 2.32. The van der Waals surface area contributed by atoms with Crippen LogP contribution in [0.4, 0.5) is 0 Å². The third-order valence-corrected chi connectivity index (χ3v) is 6.30. The molecule has 7 heteroatoms. The zero-order chi connectivity index (χ0) is 22.5. The Hall–Kier alpha value is -1.89. The van der Waals surface area contributed by atoms with Crippen LogP contribution >= 0.6 is 0 Å². The number of esters is 3. The second-order valence-electron chi connectivity index (χ2n) is 8.56. The van der Waals surface area contributed by atoms with Crippen LogP contribution in [-0.4, -0.2) is 50.4 Å². The predicted molar refractivity (Wildman–Crippen MR) is 115 cm³/mol. The van der Waals surface area contributed by atoms with E-state index in [1.807, 2.05) is 0 Å². The van der Waals surface area contributed by atoms with Gasteiger partial charge < -0.3 is 18.9 Å². The first-order valence-corrected chi connectivity index (χ1v) is 11.7. The molecule has 0 aromatic rings. The molecule has 0 atom stereocenters. The summed E-state index contributed by atoms with van der Waals surface area (Å²) in [7, 11) is 1.42. The maximum Gasteiger partial charge on any atom is 0.330 e. The van der Waals surface area contributed by atoms with E-state index in [-0.39, 0.29) is 42.0 Å². The Bertz CT molecular complexity index is 572. The maximum atomic E-state index is 12.5. The topological polar surface area (TPSA) is 88.1 Å². The lowest BCUT2D eigenvalue weighted by Crippen LogP contribution is -2.33. The van der Waals surface area contributed by atoms with Gasteiger partial charge in [-0.15, -0.1) is 0 Å². The molecule has 0 bridgehead atoms. The van der Waals surface area contributed by atoms with Crippen molar-refractivity contribution in [1.29, 1.82) is 0 Å². The fourth-order valence-electron chi connectivity index (χ4n) is 4.35. The number of unbranched alkanes of at least 4 members (excludes halogenated alkanes) is 3. The van der Waals surface area contributed by atoms with E-state index < -0.39 is 0 Å². The summed E-state index contributed by atoms with van der Waals surface area (Å²) in [6.45, 7) is 4.54. The molecular formula is C24H38O7. The van der Waals surface area contributed by atoms with Crippen LogP contribution in [0.15, 0.2) is 12.7 Å². The number of hydrogen-bond acceptors (Lipinski definition) is 7. The number of methoxy groups -OCH3 is 1. The van der Waals surface area contributed by atoms with Crippen molar-refractivity contribution in [2.24, 2.45) is 11.8 Å². The van der Waals surface area contributed by atoms with Crippen LogP contribution in [0.2, 0.25) is 0 Å². The van der Waals surface area contributed by atoms with E-state index in [1.54, 1.807) is 0 Å². The molecule has 31 heavy (non-hydrogen) atoms. The lowest BCUT2D eigenvalue weighted by atomic mass is 9.86. The van der Waals surface area contributed by atoms with Crippen LogP contribution in [0.1, 0.15) is 77.0 Å². The highest BCUT2D eigenvalue weighted by atomic mass is 16.5. The van der Waals surface area contributed by atoms with E-state index in [2.05, 4.69) is 6.58 Å². The highest BCUT2D eigenvalue weighted by molar-refractivity contribution is 5.81. The van der Waals surface area contributed by atoms with Crippen molar-refractivity contribution in [3.63, 3.8) is 0 Å². The number of rotatable bonds is 12. The van der Waals surface area contributed by atoms with Crippen molar-refractivity contribution in [3.8, 4) is 0 Å².